The summed E-state index contributed by atoms with van der Waals surface area (Å²) in [7, 11) is 1.29. The third-order valence-electron chi connectivity index (χ3n) is 3.55. The Balaban J connectivity index is 2.07. The minimum atomic E-state index is -0.699. The summed E-state index contributed by atoms with van der Waals surface area (Å²) in [6, 6.07) is 6.85. The molecule has 1 aliphatic rings. The molecule has 1 atom stereocenters. The first kappa shape index (κ1) is 16.1. The predicted molar refractivity (Wildman–Crippen MR) is 88.2 cm³/mol. The number of methoxy groups -OCH3 is 1. The van der Waals surface area contributed by atoms with Crippen molar-refractivity contribution in [2.24, 2.45) is 4.99 Å². The van der Waals surface area contributed by atoms with Crippen molar-refractivity contribution in [2.75, 3.05) is 7.11 Å². The third kappa shape index (κ3) is 3.14. The monoisotopic (exact) mass is 345 g/mol. The average molecular weight is 346 g/mol. The fraction of sp³-hybridized carbons (Fsp3) is 0.118. The van der Waals surface area contributed by atoms with Crippen LogP contribution in [-0.4, -0.2) is 23.9 Å². The fourth-order valence-corrected chi connectivity index (χ4v) is 2.65. The van der Waals surface area contributed by atoms with Gasteiger partial charge in [0, 0.05) is 34.7 Å². The normalized spacial score (nSPS) is 16.7. The lowest BCUT2D eigenvalue weighted by atomic mass is 9.98. The molecule has 3 rings (SSSR count). The van der Waals surface area contributed by atoms with Crippen LogP contribution in [0.25, 0.3) is 0 Å². The Labute approximate surface area is 142 Å². The molecule has 0 radical (unpaired) electrons. The van der Waals surface area contributed by atoms with Gasteiger partial charge in [0.2, 0.25) is 0 Å². The highest BCUT2D eigenvalue weighted by molar-refractivity contribution is 6.31. The van der Waals surface area contributed by atoms with Crippen LogP contribution in [0.5, 0.6) is 0 Å². The van der Waals surface area contributed by atoms with Crippen LogP contribution in [0.2, 0.25) is 5.02 Å². The number of aromatic nitrogens is 1. The number of pyridine rings is 1. The summed E-state index contributed by atoms with van der Waals surface area (Å²) in [6.45, 7) is 0. The van der Waals surface area contributed by atoms with Crippen LogP contribution < -0.4 is 5.32 Å². The molecule has 0 bridgehead atoms. The molecule has 1 unspecified atom stereocenters. The molecule has 1 N–H and O–H groups in total. The van der Waals surface area contributed by atoms with Gasteiger partial charge in [0.05, 0.1) is 12.7 Å². The van der Waals surface area contributed by atoms with Crippen LogP contribution in [0, 0.1) is 5.82 Å². The van der Waals surface area contributed by atoms with Gasteiger partial charge in [0.25, 0.3) is 0 Å². The Morgan fingerprint density at radius 1 is 1.29 bits per heavy atom. The number of carbonyl (C=O) groups is 1. The number of rotatable bonds is 3. The lowest BCUT2D eigenvalue weighted by Gasteiger charge is -2.23. The Hall–Kier alpha value is -2.73. The van der Waals surface area contributed by atoms with Crippen LogP contribution in [0.1, 0.15) is 17.2 Å². The van der Waals surface area contributed by atoms with Gasteiger partial charge in [-0.3, -0.25) is 9.98 Å². The smallest absolute Gasteiger partial charge is 0.337 e. The van der Waals surface area contributed by atoms with Crippen molar-refractivity contribution in [3.8, 4) is 0 Å². The highest BCUT2D eigenvalue weighted by atomic mass is 35.5. The zero-order valence-electron chi connectivity index (χ0n) is 12.7. The van der Waals surface area contributed by atoms with Crippen molar-refractivity contribution in [2.45, 2.75) is 6.04 Å². The van der Waals surface area contributed by atoms with Crippen molar-refractivity contribution in [1.82, 2.24) is 10.3 Å². The second kappa shape index (κ2) is 6.80. The van der Waals surface area contributed by atoms with Gasteiger partial charge in [-0.15, -0.1) is 0 Å². The van der Waals surface area contributed by atoms with Gasteiger partial charge in [-0.2, -0.15) is 0 Å². The molecule has 0 amide bonds. The van der Waals surface area contributed by atoms with Crippen LogP contribution >= 0.6 is 11.6 Å². The number of halogens is 2. The molecule has 2 heterocycles. The number of aliphatic imine (C=N–C) groups is 1. The van der Waals surface area contributed by atoms with Crippen LogP contribution in [0.15, 0.2) is 59.5 Å². The van der Waals surface area contributed by atoms with E-state index in [4.69, 9.17) is 16.3 Å². The molecule has 24 heavy (non-hydrogen) atoms. The highest BCUT2D eigenvalue weighted by Gasteiger charge is 2.28. The van der Waals surface area contributed by atoms with Crippen LogP contribution in [0.3, 0.4) is 0 Å². The molecule has 0 aliphatic carbocycles. The SMILES string of the molecule is COC(=O)C1=CNC(c2ccncc2)=NC1c1ccc(F)cc1Cl. The van der Waals surface area contributed by atoms with Gasteiger partial charge in [0.1, 0.15) is 17.7 Å². The van der Waals surface area contributed by atoms with Crippen molar-refractivity contribution < 1.29 is 13.9 Å². The van der Waals surface area contributed by atoms with Crippen LogP contribution in [0.4, 0.5) is 4.39 Å². The van der Waals surface area contributed by atoms with Gasteiger partial charge in [-0.05, 0) is 24.3 Å². The molecule has 7 heteroatoms. The number of amidine groups is 1. The summed E-state index contributed by atoms with van der Waals surface area (Å²) in [5, 5.41) is 3.16. The summed E-state index contributed by atoms with van der Waals surface area (Å²) >= 11 is 6.15. The fourth-order valence-electron chi connectivity index (χ4n) is 2.38. The van der Waals surface area contributed by atoms with E-state index in [0.29, 0.717) is 11.4 Å². The molecule has 0 saturated heterocycles. The molecular formula is C17H13ClFN3O2. The van der Waals surface area contributed by atoms with E-state index in [2.05, 4.69) is 15.3 Å². The van der Waals surface area contributed by atoms with Gasteiger partial charge in [-0.25, -0.2) is 9.18 Å². The van der Waals surface area contributed by atoms with E-state index < -0.39 is 17.8 Å². The van der Waals surface area contributed by atoms with E-state index >= 15 is 0 Å². The minimum Gasteiger partial charge on any atom is -0.466 e. The number of nitrogens with one attached hydrogen (secondary N) is 1. The minimum absolute atomic E-state index is 0.189. The largest absolute Gasteiger partial charge is 0.466 e. The third-order valence-corrected chi connectivity index (χ3v) is 3.88. The van der Waals surface area contributed by atoms with E-state index in [-0.39, 0.29) is 10.6 Å². The van der Waals surface area contributed by atoms with E-state index in [0.717, 1.165) is 5.56 Å². The predicted octanol–water partition coefficient (Wildman–Crippen LogP) is 3.02. The zero-order valence-corrected chi connectivity index (χ0v) is 13.4. The summed E-state index contributed by atoms with van der Waals surface area (Å²) in [5.74, 6) is -0.444. The van der Waals surface area contributed by atoms with E-state index in [1.165, 1.54) is 31.5 Å². The lowest BCUT2D eigenvalue weighted by molar-refractivity contribution is -0.136. The number of hydrogen-bond acceptors (Lipinski definition) is 5. The number of carbonyl (C=O) groups excluding carboxylic acids is 1. The van der Waals surface area contributed by atoms with Crippen molar-refractivity contribution in [1.29, 1.82) is 0 Å². The number of esters is 1. The summed E-state index contributed by atoms with van der Waals surface area (Å²) < 4.78 is 18.1. The van der Waals surface area contributed by atoms with Crippen molar-refractivity contribution >= 4 is 23.4 Å². The lowest BCUT2D eigenvalue weighted by Crippen LogP contribution is -2.28. The van der Waals surface area contributed by atoms with Crippen LogP contribution in [-0.2, 0) is 9.53 Å². The zero-order chi connectivity index (χ0) is 17.1. The summed E-state index contributed by atoms with van der Waals surface area (Å²) in [4.78, 5) is 20.6. The van der Waals surface area contributed by atoms with E-state index in [9.17, 15) is 9.18 Å². The van der Waals surface area contributed by atoms with Gasteiger partial charge >= 0.3 is 5.97 Å². The standard InChI is InChI=1S/C17H13ClFN3O2/c1-24-17(23)13-9-21-16(10-4-6-20-7-5-10)22-15(13)12-3-2-11(19)8-14(12)18/h2-9,15H,1H3,(H,21,22). The summed E-state index contributed by atoms with van der Waals surface area (Å²) in [5.41, 5.74) is 1.60. The second-order valence-electron chi connectivity index (χ2n) is 5.02. The summed E-state index contributed by atoms with van der Waals surface area (Å²) in [6.07, 6.45) is 4.80. The first-order valence-electron chi connectivity index (χ1n) is 7.08. The number of ether oxygens (including phenoxy) is 1. The van der Waals surface area contributed by atoms with E-state index in [1.54, 1.807) is 24.5 Å². The Kier molecular flexibility index (Phi) is 4.57. The molecule has 0 spiro atoms. The van der Waals surface area contributed by atoms with Crippen molar-refractivity contribution in [3.63, 3.8) is 0 Å². The molecule has 0 fully saturated rings. The number of benzene rings is 1. The Bertz CT molecular complexity index is 837. The Morgan fingerprint density at radius 3 is 2.71 bits per heavy atom. The molecule has 1 aliphatic heterocycles. The number of hydrogen-bond donors (Lipinski definition) is 1. The molecule has 0 saturated carbocycles. The molecule has 5 nitrogen and oxygen atoms in total. The maximum absolute atomic E-state index is 13.3. The second-order valence-corrected chi connectivity index (χ2v) is 5.42. The van der Waals surface area contributed by atoms with Gasteiger partial charge < -0.3 is 10.1 Å². The first-order chi connectivity index (χ1) is 11.6. The van der Waals surface area contributed by atoms with Gasteiger partial charge in [0.15, 0.2) is 0 Å². The Morgan fingerprint density at radius 2 is 2.04 bits per heavy atom. The molecule has 1 aromatic heterocycles. The first-order valence-corrected chi connectivity index (χ1v) is 7.46. The topological polar surface area (TPSA) is 63.6 Å². The van der Waals surface area contributed by atoms with E-state index in [1.807, 2.05) is 0 Å². The maximum Gasteiger partial charge on any atom is 0.337 e. The highest BCUT2D eigenvalue weighted by Crippen LogP contribution is 2.34. The number of nitrogens with zero attached hydrogens (tertiary/aromatic N) is 2. The molecule has 2 aromatic rings. The molecule has 1 aromatic carbocycles. The quantitative estimate of drug-likeness (QED) is 0.868. The van der Waals surface area contributed by atoms with Crippen molar-refractivity contribution in [3.05, 3.63) is 76.5 Å². The average Bonchev–Trinajstić information content (AvgIpc) is 2.61. The molecule has 122 valence electrons. The molecular weight excluding hydrogens is 333 g/mol. The van der Waals surface area contributed by atoms with Gasteiger partial charge in [-0.1, -0.05) is 17.7 Å². The maximum atomic E-state index is 13.3.